The lowest BCUT2D eigenvalue weighted by molar-refractivity contribution is -0.491. The molecule has 0 atom stereocenters. The molecule has 0 unspecified atom stereocenters. The van der Waals surface area contributed by atoms with Crippen LogP contribution in [-0.2, 0) is 19.9 Å². The van der Waals surface area contributed by atoms with Crippen LogP contribution < -0.4 is 0 Å². The van der Waals surface area contributed by atoms with Crippen molar-refractivity contribution < 1.29 is 30.4 Å². The van der Waals surface area contributed by atoms with Crippen molar-refractivity contribution >= 4 is 0 Å². The molecular weight excluding hydrogens is 168 g/mol. The van der Waals surface area contributed by atoms with Crippen LogP contribution in [0.5, 0.6) is 0 Å². The zero-order chi connectivity index (χ0) is 9.07. The van der Waals surface area contributed by atoms with Crippen molar-refractivity contribution in [3.8, 4) is 0 Å². The SMILES string of the molecule is OOOCCCCCCOOO. The van der Waals surface area contributed by atoms with E-state index in [1.54, 1.807) is 0 Å². The molecule has 6 heteroatoms. The Morgan fingerprint density at radius 2 is 1.08 bits per heavy atom. The number of hydrogen-bond acceptors (Lipinski definition) is 6. The predicted molar refractivity (Wildman–Crippen MR) is 37.8 cm³/mol. The van der Waals surface area contributed by atoms with Gasteiger partial charge in [0.15, 0.2) is 0 Å². The molecule has 0 aliphatic carbocycles. The van der Waals surface area contributed by atoms with Gasteiger partial charge in [0.05, 0.1) is 13.2 Å². The van der Waals surface area contributed by atoms with E-state index in [0.717, 1.165) is 25.7 Å². The maximum Gasteiger partial charge on any atom is 0.0853 e. The van der Waals surface area contributed by atoms with Crippen LogP contribution in [0.2, 0.25) is 0 Å². The summed E-state index contributed by atoms with van der Waals surface area (Å²) in [5.74, 6) is 0. The minimum atomic E-state index is 0.369. The quantitative estimate of drug-likeness (QED) is 0.319. The van der Waals surface area contributed by atoms with Gasteiger partial charge in [-0.25, -0.2) is 20.3 Å². The molecule has 74 valence electrons. The lowest BCUT2D eigenvalue weighted by Crippen LogP contribution is -1.95. The standard InChI is InChI=1S/C6H14O6/c7-11-9-5-3-1-2-4-6-10-12-8/h7-8H,1-6H2. The molecule has 12 heavy (non-hydrogen) atoms. The first-order valence-electron chi connectivity index (χ1n) is 3.78. The third kappa shape index (κ3) is 9.76. The van der Waals surface area contributed by atoms with Gasteiger partial charge in [0.25, 0.3) is 0 Å². The monoisotopic (exact) mass is 182 g/mol. The fourth-order valence-corrected chi connectivity index (χ4v) is 0.750. The summed E-state index contributed by atoms with van der Waals surface area (Å²) in [5, 5.41) is 22.3. The van der Waals surface area contributed by atoms with E-state index >= 15 is 0 Å². The maximum absolute atomic E-state index is 7.75. The lowest BCUT2D eigenvalue weighted by Gasteiger charge is -1.99. The van der Waals surface area contributed by atoms with Crippen LogP contribution in [-0.4, -0.2) is 23.7 Å². The molecule has 0 aliphatic rings. The molecule has 0 amide bonds. The topological polar surface area (TPSA) is 77.4 Å². The van der Waals surface area contributed by atoms with Crippen LogP contribution in [0.4, 0.5) is 0 Å². The molecule has 0 heterocycles. The first-order valence-corrected chi connectivity index (χ1v) is 3.78. The summed E-state index contributed by atoms with van der Waals surface area (Å²) in [5.41, 5.74) is 0. The summed E-state index contributed by atoms with van der Waals surface area (Å²) in [6, 6.07) is 0. The van der Waals surface area contributed by atoms with Crippen LogP contribution in [0.25, 0.3) is 0 Å². The Morgan fingerprint density at radius 3 is 1.42 bits per heavy atom. The van der Waals surface area contributed by atoms with Gasteiger partial charge in [-0.05, 0) is 12.8 Å². The molecule has 0 fully saturated rings. The van der Waals surface area contributed by atoms with E-state index in [2.05, 4.69) is 19.9 Å². The van der Waals surface area contributed by atoms with Gasteiger partial charge < -0.3 is 0 Å². The molecule has 0 saturated carbocycles. The molecule has 0 rings (SSSR count). The summed E-state index contributed by atoms with van der Waals surface area (Å²) in [6.07, 6.45) is 3.50. The average Bonchev–Trinajstić information content (AvgIpc) is 2.10. The molecular formula is C6H14O6. The van der Waals surface area contributed by atoms with E-state index in [1.165, 1.54) is 0 Å². The highest BCUT2D eigenvalue weighted by Gasteiger charge is 1.91. The Kier molecular flexibility index (Phi) is 10.5. The van der Waals surface area contributed by atoms with Gasteiger partial charge in [-0.1, -0.05) is 22.9 Å². The number of hydrogen-bond donors (Lipinski definition) is 2. The van der Waals surface area contributed by atoms with Crippen molar-refractivity contribution in [2.24, 2.45) is 0 Å². The third-order valence-corrected chi connectivity index (χ3v) is 1.31. The summed E-state index contributed by atoms with van der Waals surface area (Å²) in [4.78, 5) is 8.44. The summed E-state index contributed by atoms with van der Waals surface area (Å²) in [7, 11) is 0. The third-order valence-electron chi connectivity index (χ3n) is 1.31. The van der Waals surface area contributed by atoms with Crippen molar-refractivity contribution in [2.45, 2.75) is 25.7 Å². The molecule has 0 radical (unpaired) electrons. The summed E-state index contributed by atoms with van der Waals surface area (Å²) in [6.45, 7) is 0.738. The van der Waals surface area contributed by atoms with Gasteiger partial charge in [-0.15, -0.1) is 0 Å². The minimum Gasteiger partial charge on any atom is -0.221 e. The van der Waals surface area contributed by atoms with Crippen LogP contribution in [0.1, 0.15) is 25.7 Å². The normalized spacial score (nSPS) is 10.5. The van der Waals surface area contributed by atoms with E-state index in [-0.39, 0.29) is 0 Å². The van der Waals surface area contributed by atoms with Crippen molar-refractivity contribution in [2.75, 3.05) is 13.2 Å². The van der Waals surface area contributed by atoms with Gasteiger partial charge in [-0.3, -0.25) is 0 Å². The molecule has 0 aromatic carbocycles. The highest BCUT2D eigenvalue weighted by Crippen LogP contribution is 2.00. The van der Waals surface area contributed by atoms with Crippen LogP contribution >= 0.6 is 0 Å². The highest BCUT2D eigenvalue weighted by molar-refractivity contribution is 4.40. The van der Waals surface area contributed by atoms with E-state index in [0.29, 0.717) is 13.2 Å². The van der Waals surface area contributed by atoms with Gasteiger partial charge in [-0.2, -0.15) is 0 Å². The fraction of sp³-hybridized carbons (Fsp3) is 1.00. The second-order valence-electron chi connectivity index (χ2n) is 2.21. The Labute approximate surface area is 70.3 Å². The van der Waals surface area contributed by atoms with E-state index in [9.17, 15) is 0 Å². The molecule has 0 aromatic heterocycles. The first kappa shape index (κ1) is 11.8. The Bertz CT molecular complexity index is 68.4. The molecule has 2 N–H and O–H groups in total. The van der Waals surface area contributed by atoms with E-state index in [1.807, 2.05) is 0 Å². The second kappa shape index (κ2) is 10.8. The molecule has 0 saturated heterocycles. The summed E-state index contributed by atoms with van der Waals surface area (Å²) >= 11 is 0. The van der Waals surface area contributed by atoms with Crippen LogP contribution in [0.15, 0.2) is 0 Å². The Hall–Kier alpha value is -0.240. The smallest absolute Gasteiger partial charge is 0.0853 e. The molecule has 0 bridgehead atoms. The van der Waals surface area contributed by atoms with Crippen molar-refractivity contribution in [3.05, 3.63) is 0 Å². The van der Waals surface area contributed by atoms with Crippen LogP contribution in [0.3, 0.4) is 0 Å². The molecule has 6 nitrogen and oxygen atoms in total. The zero-order valence-electron chi connectivity index (χ0n) is 6.77. The van der Waals surface area contributed by atoms with Gasteiger partial charge in [0, 0.05) is 0 Å². The van der Waals surface area contributed by atoms with Crippen molar-refractivity contribution in [3.63, 3.8) is 0 Å². The average molecular weight is 182 g/mol. The van der Waals surface area contributed by atoms with Crippen molar-refractivity contribution in [1.29, 1.82) is 0 Å². The Balaban J connectivity index is 2.73. The zero-order valence-corrected chi connectivity index (χ0v) is 6.77. The second-order valence-corrected chi connectivity index (χ2v) is 2.21. The minimum absolute atomic E-state index is 0.369. The fourth-order valence-electron chi connectivity index (χ4n) is 0.750. The molecule has 0 aliphatic heterocycles. The summed E-state index contributed by atoms with van der Waals surface area (Å²) < 4.78 is 0. The van der Waals surface area contributed by atoms with Crippen LogP contribution in [0, 0.1) is 0 Å². The predicted octanol–water partition coefficient (Wildman–Crippen LogP) is 1.39. The largest absolute Gasteiger partial charge is 0.221 e. The van der Waals surface area contributed by atoms with E-state index in [4.69, 9.17) is 10.5 Å². The van der Waals surface area contributed by atoms with Gasteiger partial charge in [0.2, 0.25) is 0 Å². The van der Waals surface area contributed by atoms with Gasteiger partial charge in [0.1, 0.15) is 0 Å². The molecule has 0 spiro atoms. The van der Waals surface area contributed by atoms with E-state index < -0.39 is 0 Å². The van der Waals surface area contributed by atoms with Crippen molar-refractivity contribution in [1.82, 2.24) is 0 Å². The number of rotatable bonds is 9. The number of unbranched alkanes of at least 4 members (excludes halogenated alkanes) is 3. The van der Waals surface area contributed by atoms with Gasteiger partial charge >= 0.3 is 0 Å². The lowest BCUT2D eigenvalue weighted by atomic mass is 10.2. The highest BCUT2D eigenvalue weighted by atomic mass is 17.5. The maximum atomic E-state index is 7.75. The molecule has 0 aromatic rings. The first-order chi connectivity index (χ1) is 5.91. The Morgan fingerprint density at radius 1 is 0.667 bits per heavy atom.